The number of para-hydroxylation sites is 2. The van der Waals surface area contributed by atoms with E-state index >= 15 is 0 Å². The van der Waals surface area contributed by atoms with Crippen LogP contribution in [0.2, 0.25) is 0 Å². The zero-order valence-electron chi connectivity index (χ0n) is 31.1. The van der Waals surface area contributed by atoms with Crippen LogP contribution in [0.4, 0.5) is 0 Å². The minimum atomic E-state index is -0.0244. The molecule has 7 aromatic carbocycles. The first-order chi connectivity index (χ1) is 28.3. The van der Waals surface area contributed by atoms with Gasteiger partial charge in [0.2, 0.25) is 0 Å². The van der Waals surface area contributed by atoms with Gasteiger partial charge in [-0.15, -0.1) is 0 Å². The second-order valence-electron chi connectivity index (χ2n) is 14.6. The van der Waals surface area contributed by atoms with E-state index in [4.69, 9.17) is 9.97 Å². The molecule has 11 rings (SSSR count). The standard InChI is InChI=1S/C52H35BN4/c1-4-17-36(18-5-1)45-27-15-28-46(54-45)37-19-14-24-40(35-37)56-47-29-12-10-25-41(47)43-33-34-44-42-26-11-13-30-48(42)57(52(44)51(43)56)50-32-16-31-49(55-50)53(38-20-6-2-7-21-38)39-22-8-3-9-23-39/h1-35H. The molecule has 0 atom stereocenters. The molecule has 0 unspecified atom stereocenters. The minimum absolute atomic E-state index is 0.0244. The van der Waals surface area contributed by atoms with Crippen molar-refractivity contribution in [2.24, 2.45) is 0 Å². The predicted molar refractivity (Wildman–Crippen MR) is 239 cm³/mol. The Hall–Kier alpha value is -7.50. The third-order valence-electron chi connectivity index (χ3n) is 11.2. The van der Waals surface area contributed by atoms with Crippen molar-refractivity contribution in [3.05, 3.63) is 212 Å². The summed E-state index contributed by atoms with van der Waals surface area (Å²) >= 11 is 0. The maximum atomic E-state index is 5.56. The summed E-state index contributed by atoms with van der Waals surface area (Å²) in [6, 6.07) is 75.4. The monoisotopic (exact) mass is 726 g/mol. The number of nitrogens with zero attached hydrogens (tertiary/aromatic N) is 4. The van der Waals surface area contributed by atoms with E-state index in [9.17, 15) is 0 Å². The number of rotatable bonds is 7. The molecule has 0 spiro atoms. The molecule has 11 aromatic rings. The van der Waals surface area contributed by atoms with Gasteiger partial charge in [-0.1, -0.05) is 175 Å². The number of fused-ring (bicyclic) bond motifs is 7. The summed E-state index contributed by atoms with van der Waals surface area (Å²) in [5, 5.41) is 4.78. The fraction of sp³-hybridized carbons (Fsp3) is 0. The quantitative estimate of drug-likeness (QED) is 0.153. The van der Waals surface area contributed by atoms with Crippen molar-refractivity contribution in [3.63, 3.8) is 0 Å². The first-order valence-electron chi connectivity index (χ1n) is 19.5. The summed E-state index contributed by atoms with van der Waals surface area (Å²) in [5.41, 5.74) is 13.1. The average molecular weight is 727 g/mol. The summed E-state index contributed by atoms with van der Waals surface area (Å²) in [6.45, 7) is -0.0244. The van der Waals surface area contributed by atoms with Crippen molar-refractivity contribution < 1.29 is 0 Å². The molecule has 0 N–H and O–H groups in total. The molecular weight excluding hydrogens is 691 g/mol. The van der Waals surface area contributed by atoms with Crippen LogP contribution in [-0.2, 0) is 0 Å². The fourth-order valence-electron chi connectivity index (χ4n) is 8.73. The molecule has 0 radical (unpaired) electrons. The maximum Gasteiger partial charge on any atom is 0.265 e. The second kappa shape index (κ2) is 13.7. The van der Waals surface area contributed by atoms with Gasteiger partial charge in [0, 0.05) is 44.0 Å². The molecule has 0 fully saturated rings. The molecule has 4 aromatic heterocycles. The van der Waals surface area contributed by atoms with Gasteiger partial charge >= 0.3 is 0 Å². The van der Waals surface area contributed by atoms with Gasteiger partial charge in [-0.05, 0) is 48.5 Å². The van der Waals surface area contributed by atoms with Crippen LogP contribution in [0.5, 0.6) is 0 Å². The average Bonchev–Trinajstić information content (AvgIpc) is 3.81. The third kappa shape index (κ3) is 5.55. The first kappa shape index (κ1) is 32.9. The highest BCUT2D eigenvalue weighted by atomic mass is 15.1. The van der Waals surface area contributed by atoms with Gasteiger partial charge in [0.05, 0.1) is 33.5 Å². The third-order valence-corrected chi connectivity index (χ3v) is 11.2. The molecule has 0 aliphatic carbocycles. The number of aromatic nitrogens is 4. The number of hydrogen-bond acceptors (Lipinski definition) is 2. The smallest absolute Gasteiger partial charge is 0.265 e. The van der Waals surface area contributed by atoms with Crippen molar-refractivity contribution in [2.45, 2.75) is 0 Å². The molecule has 0 amide bonds. The SMILES string of the molecule is c1ccc(B(c2ccccc2)c2cccc(-n3c4ccccc4c4ccc5c6ccccc6n(-c6cccc(-c7cccc(-c8ccccc8)n7)c6)c5c43)n2)cc1. The maximum absolute atomic E-state index is 5.56. The highest BCUT2D eigenvalue weighted by Crippen LogP contribution is 2.41. The predicted octanol–water partition coefficient (Wildman–Crippen LogP) is 10.5. The lowest BCUT2D eigenvalue weighted by Gasteiger charge is -2.17. The van der Waals surface area contributed by atoms with Crippen molar-refractivity contribution in [1.29, 1.82) is 0 Å². The van der Waals surface area contributed by atoms with Gasteiger partial charge < -0.3 is 4.57 Å². The van der Waals surface area contributed by atoms with E-state index in [1.165, 1.54) is 32.5 Å². The van der Waals surface area contributed by atoms with Crippen LogP contribution in [0.1, 0.15) is 0 Å². The number of pyridine rings is 2. The van der Waals surface area contributed by atoms with Crippen LogP contribution in [0.15, 0.2) is 212 Å². The van der Waals surface area contributed by atoms with E-state index in [1.54, 1.807) is 0 Å². The summed E-state index contributed by atoms with van der Waals surface area (Å²) in [7, 11) is 0. The second-order valence-corrected chi connectivity index (χ2v) is 14.6. The van der Waals surface area contributed by atoms with E-state index in [2.05, 4.69) is 215 Å². The highest BCUT2D eigenvalue weighted by molar-refractivity contribution is 6.95. The number of hydrogen-bond donors (Lipinski definition) is 0. The van der Waals surface area contributed by atoms with E-state index in [1.807, 2.05) is 6.07 Å². The normalized spacial score (nSPS) is 11.5. The van der Waals surface area contributed by atoms with Crippen LogP contribution in [0.25, 0.3) is 77.6 Å². The zero-order chi connectivity index (χ0) is 37.7. The lowest BCUT2D eigenvalue weighted by Crippen LogP contribution is -2.53. The Morgan fingerprint density at radius 1 is 0.351 bits per heavy atom. The van der Waals surface area contributed by atoms with Gasteiger partial charge in [-0.25, -0.2) is 9.97 Å². The summed E-state index contributed by atoms with van der Waals surface area (Å²) < 4.78 is 4.82. The van der Waals surface area contributed by atoms with Crippen molar-refractivity contribution in [2.75, 3.05) is 0 Å². The van der Waals surface area contributed by atoms with Crippen molar-refractivity contribution in [1.82, 2.24) is 19.1 Å². The number of benzene rings is 7. The molecule has 0 aliphatic rings. The van der Waals surface area contributed by atoms with Crippen molar-refractivity contribution >= 4 is 66.8 Å². The topological polar surface area (TPSA) is 35.6 Å². The molecule has 4 nitrogen and oxygen atoms in total. The summed E-state index contributed by atoms with van der Waals surface area (Å²) in [6.07, 6.45) is 0. The van der Waals surface area contributed by atoms with E-state index in [0.29, 0.717) is 0 Å². The Morgan fingerprint density at radius 2 is 0.860 bits per heavy atom. The molecule has 4 heterocycles. The van der Waals surface area contributed by atoms with Crippen LogP contribution in [0, 0.1) is 0 Å². The Kier molecular flexibility index (Phi) is 7.89. The Balaban J connectivity index is 1.17. The summed E-state index contributed by atoms with van der Waals surface area (Å²) in [4.78, 5) is 10.7. The molecule has 57 heavy (non-hydrogen) atoms. The lowest BCUT2D eigenvalue weighted by atomic mass is 9.38. The van der Waals surface area contributed by atoms with Crippen LogP contribution < -0.4 is 16.5 Å². The van der Waals surface area contributed by atoms with Gasteiger partial charge in [-0.2, -0.15) is 0 Å². The van der Waals surface area contributed by atoms with Gasteiger partial charge in [0.25, 0.3) is 6.71 Å². The van der Waals surface area contributed by atoms with Crippen molar-refractivity contribution in [3.8, 4) is 34.0 Å². The largest absolute Gasteiger partial charge is 0.307 e. The Bertz CT molecular complexity index is 3200. The molecule has 266 valence electrons. The molecule has 5 heteroatoms. The van der Waals surface area contributed by atoms with Gasteiger partial charge in [0.1, 0.15) is 5.82 Å². The zero-order valence-corrected chi connectivity index (χ0v) is 31.1. The summed E-state index contributed by atoms with van der Waals surface area (Å²) in [5.74, 6) is 0.885. The molecule has 0 saturated carbocycles. The van der Waals surface area contributed by atoms with E-state index in [-0.39, 0.29) is 6.71 Å². The Morgan fingerprint density at radius 3 is 1.53 bits per heavy atom. The van der Waals surface area contributed by atoms with E-state index < -0.39 is 0 Å². The highest BCUT2D eigenvalue weighted by Gasteiger charge is 2.25. The molecule has 0 saturated heterocycles. The van der Waals surface area contributed by atoms with Crippen LogP contribution in [-0.4, -0.2) is 25.8 Å². The fourth-order valence-corrected chi connectivity index (χ4v) is 8.73. The van der Waals surface area contributed by atoms with Gasteiger partial charge in [-0.3, -0.25) is 4.57 Å². The lowest BCUT2D eigenvalue weighted by molar-refractivity contribution is 1.09. The molecule has 0 aliphatic heterocycles. The minimum Gasteiger partial charge on any atom is -0.307 e. The Labute approximate surface area is 331 Å². The van der Waals surface area contributed by atoms with Gasteiger partial charge in [0.15, 0.2) is 0 Å². The van der Waals surface area contributed by atoms with E-state index in [0.717, 1.165) is 61.7 Å². The molecular formula is C52H35BN4. The first-order valence-corrected chi connectivity index (χ1v) is 19.5. The molecule has 0 bridgehead atoms. The van der Waals surface area contributed by atoms with Crippen LogP contribution in [0.3, 0.4) is 0 Å². The van der Waals surface area contributed by atoms with Crippen LogP contribution >= 0.6 is 0 Å².